The third kappa shape index (κ3) is 5.15. The second kappa shape index (κ2) is 8.43. The first-order valence-electron chi connectivity index (χ1n) is 7.30. The molecule has 0 amide bonds. The van der Waals surface area contributed by atoms with Gasteiger partial charge in [0.15, 0.2) is 0 Å². The number of carboxylic acid groups (broad SMARTS) is 1. The third-order valence-electron chi connectivity index (χ3n) is 3.76. The Morgan fingerprint density at radius 1 is 1.48 bits per heavy atom. The number of nitrogens with one attached hydrogen (secondary N) is 1. The van der Waals surface area contributed by atoms with E-state index in [1.807, 2.05) is 19.9 Å². The Balaban J connectivity index is 0.00000264. The fraction of sp³-hybridized carbons (Fsp3) is 0.643. The second-order valence-corrected chi connectivity index (χ2v) is 9.11. The lowest BCUT2D eigenvalue weighted by Gasteiger charge is -2.31. The van der Waals surface area contributed by atoms with E-state index < -0.39 is 16.0 Å². The summed E-state index contributed by atoms with van der Waals surface area (Å²) in [4.78, 5) is 11.5. The fourth-order valence-electron chi connectivity index (χ4n) is 2.79. The maximum absolute atomic E-state index is 12.8. The van der Waals surface area contributed by atoms with Crippen molar-refractivity contribution in [3.8, 4) is 0 Å². The Bertz CT molecular complexity index is 645. The Morgan fingerprint density at radius 2 is 2.17 bits per heavy atom. The molecule has 9 heteroatoms. The van der Waals surface area contributed by atoms with E-state index in [4.69, 9.17) is 5.11 Å². The van der Waals surface area contributed by atoms with Gasteiger partial charge in [-0.15, -0.1) is 23.7 Å². The maximum atomic E-state index is 12.8. The Hall–Kier alpha value is -0.670. The zero-order chi connectivity index (χ0) is 16.3. The van der Waals surface area contributed by atoms with Crippen LogP contribution in [0, 0.1) is 19.8 Å². The van der Waals surface area contributed by atoms with Crippen molar-refractivity contribution in [3.63, 3.8) is 0 Å². The molecule has 1 unspecified atom stereocenters. The number of piperidine rings is 1. The summed E-state index contributed by atoms with van der Waals surface area (Å²) in [5.41, 5.74) is 0.800. The van der Waals surface area contributed by atoms with Gasteiger partial charge in [-0.2, -0.15) is 4.31 Å². The van der Waals surface area contributed by atoms with Crippen molar-refractivity contribution >= 4 is 39.7 Å². The first kappa shape index (κ1) is 20.4. The van der Waals surface area contributed by atoms with Gasteiger partial charge in [-0.1, -0.05) is 0 Å². The van der Waals surface area contributed by atoms with Crippen molar-refractivity contribution in [2.75, 3.05) is 26.2 Å². The molecule has 2 heterocycles. The lowest BCUT2D eigenvalue weighted by Crippen LogP contribution is -2.43. The van der Waals surface area contributed by atoms with Gasteiger partial charge in [0, 0.05) is 18.0 Å². The molecule has 1 atom stereocenters. The first-order valence-corrected chi connectivity index (χ1v) is 9.56. The minimum absolute atomic E-state index is 0. The van der Waals surface area contributed by atoms with E-state index in [9.17, 15) is 13.2 Å². The first-order chi connectivity index (χ1) is 10.3. The predicted octanol–water partition coefficient (Wildman–Crippen LogP) is 1.86. The van der Waals surface area contributed by atoms with Gasteiger partial charge in [0.1, 0.15) is 4.21 Å². The van der Waals surface area contributed by atoms with Crippen molar-refractivity contribution in [3.05, 3.63) is 16.5 Å². The largest absolute Gasteiger partial charge is 0.480 e. The van der Waals surface area contributed by atoms with Gasteiger partial charge < -0.3 is 10.4 Å². The molecular weight excluding hydrogens is 360 g/mol. The number of rotatable bonds is 6. The second-order valence-electron chi connectivity index (χ2n) is 5.72. The molecule has 0 spiro atoms. The molecule has 0 bridgehead atoms. The highest BCUT2D eigenvalue weighted by molar-refractivity contribution is 7.91. The Morgan fingerprint density at radius 3 is 2.74 bits per heavy atom. The minimum atomic E-state index is -3.44. The van der Waals surface area contributed by atoms with Gasteiger partial charge in [-0.25, -0.2) is 8.42 Å². The molecule has 1 saturated heterocycles. The summed E-state index contributed by atoms with van der Waals surface area (Å²) in [5.74, 6) is -0.741. The number of aryl methyl sites for hydroxylation is 2. The number of carboxylic acids is 1. The van der Waals surface area contributed by atoms with Crippen LogP contribution in [0.3, 0.4) is 0 Å². The van der Waals surface area contributed by atoms with Crippen LogP contribution in [-0.4, -0.2) is 50.0 Å². The van der Waals surface area contributed by atoms with Crippen LogP contribution in [0.1, 0.15) is 23.3 Å². The number of hydrogen-bond donors (Lipinski definition) is 2. The summed E-state index contributed by atoms with van der Waals surface area (Å²) in [7, 11) is -3.44. The minimum Gasteiger partial charge on any atom is -0.480 e. The van der Waals surface area contributed by atoms with Gasteiger partial charge in [0.25, 0.3) is 10.0 Å². The van der Waals surface area contributed by atoms with Crippen molar-refractivity contribution in [1.29, 1.82) is 0 Å². The SMILES string of the molecule is Cc1cc(C)c(S(=O)(=O)N2CCCC(CNCC(=O)O)C2)s1.Cl. The number of carbonyl (C=O) groups is 1. The number of halogens is 1. The Labute approximate surface area is 147 Å². The van der Waals surface area contributed by atoms with Gasteiger partial charge in [0.05, 0.1) is 6.54 Å². The molecule has 2 rings (SSSR count). The van der Waals surface area contributed by atoms with Gasteiger partial charge in [-0.3, -0.25) is 4.79 Å². The highest BCUT2D eigenvalue weighted by atomic mass is 35.5. The summed E-state index contributed by atoms with van der Waals surface area (Å²) in [6.45, 7) is 5.16. The molecule has 0 aliphatic carbocycles. The van der Waals surface area contributed by atoms with Gasteiger partial charge >= 0.3 is 5.97 Å². The van der Waals surface area contributed by atoms with Crippen LogP contribution in [0.25, 0.3) is 0 Å². The zero-order valence-corrected chi connectivity index (χ0v) is 15.7. The molecular formula is C14H23ClN2O4S2. The monoisotopic (exact) mass is 382 g/mol. The van der Waals surface area contributed by atoms with Crippen LogP contribution in [0.4, 0.5) is 0 Å². The average molecular weight is 383 g/mol. The van der Waals surface area contributed by atoms with E-state index in [1.54, 1.807) is 4.31 Å². The van der Waals surface area contributed by atoms with Crippen LogP contribution in [0.15, 0.2) is 10.3 Å². The topological polar surface area (TPSA) is 86.7 Å². The number of hydrogen-bond acceptors (Lipinski definition) is 5. The molecule has 132 valence electrons. The predicted molar refractivity (Wildman–Crippen MR) is 93.0 cm³/mol. The number of nitrogens with zero attached hydrogens (tertiary/aromatic N) is 1. The van der Waals surface area contributed by atoms with E-state index in [0.717, 1.165) is 23.3 Å². The number of thiophene rings is 1. The van der Waals surface area contributed by atoms with E-state index in [0.29, 0.717) is 23.8 Å². The highest BCUT2D eigenvalue weighted by Crippen LogP contribution is 2.31. The summed E-state index contributed by atoms with van der Waals surface area (Å²) in [6, 6.07) is 1.90. The molecule has 0 aromatic carbocycles. The number of aliphatic carboxylic acids is 1. The molecule has 1 aromatic rings. The quantitative estimate of drug-likeness (QED) is 0.784. The van der Waals surface area contributed by atoms with Crippen molar-refractivity contribution in [1.82, 2.24) is 9.62 Å². The van der Waals surface area contributed by atoms with E-state index in [-0.39, 0.29) is 24.9 Å². The highest BCUT2D eigenvalue weighted by Gasteiger charge is 2.32. The van der Waals surface area contributed by atoms with Crippen molar-refractivity contribution < 1.29 is 18.3 Å². The summed E-state index contributed by atoms with van der Waals surface area (Å²) >= 11 is 1.31. The van der Waals surface area contributed by atoms with Crippen molar-refractivity contribution in [2.45, 2.75) is 30.9 Å². The molecule has 1 aromatic heterocycles. The molecule has 1 aliphatic rings. The summed E-state index contributed by atoms with van der Waals surface area (Å²) in [6.07, 6.45) is 1.73. The molecule has 0 radical (unpaired) electrons. The standard InChI is InChI=1S/C14H22N2O4S2.ClH/c1-10-6-11(2)21-14(10)22(19,20)16-5-3-4-12(9-16)7-15-8-13(17)18;/h6,12,15H,3-5,7-9H2,1-2H3,(H,17,18);1H. The van der Waals surface area contributed by atoms with Crippen LogP contribution < -0.4 is 5.32 Å². The van der Waals surface area contributed by atoms with Gasteiger partial charge in [-0.05, 0) is 50.8 Å². The maximum Gasteiger partial charge on any atom is 0.317 e. The summed E-state index contributed by atoms with van der Waals surface area (Å²) < 4.78 is 27.5. The molecule has 1 fully saturated rings. The van der Waals surface area contributed by atoms with Gasteiger partial charge in [0.2, 0.25) is 0 Å². The zero-order valence-electron chi connectivity index (χ0n) is 13.2. The van der Waals surface area contributed by atoms with E-state index >= 15 is 0 Å². The molecule has 23 heavy (non-hydrogen) atoms. The third-order valence-corrected chi connectivity index (χ3v) is 7.39. The van der Waals surface area contributed by atoms with Crippen LogP contribution in [0.2, 0.25) is 0 Å². The van der Waals surface area contributed by atoms with Crippen molar-refractivity contribution in [2.24, 2.45) is 5.92 Å². The normalized spacial score (nSPS) is 19.3. The number of sulfonamides is 1. The van der Waals surface area contributed by atoms with E-state index in [2.05, 4.69) is 5.32 Å². The lowest BCUT2D eigenvalue weighted by atomic mass is 10.00. The lowest BCUT2D eigenvalue weighted by molar-refractivity contribution is -0.136. The molecule has 0 saturated carbocycles. The van der Waals surface area contributed by atoms with Crippen LogP contribution >= 0.6 is 23.7 Å². The smallest absolute Gasteiger partial charge is 0.317 e. The van der Waals surface area contributed by atoms with Crippen LogP contribution in [-0.2, 0) is 14.8 Å². The molecule has 1 aliphatic heterocycles. The summed E-state index contributed by atoms with van der Waals surface area (Å²) in [5, 5.41) is 11.5. The Kier molecular flexibility index (Phi) is 7.47. The van der Waals surface area contributed by atoms with Crippen LogP contribution in [0.5, 0.6) is 0 Å². The van der Waals surface area contributed by atoms with E-state index in [1.165, 1.54) is 11.3 Å². The fourth-order valence-corrected chi connectivity index (χ4v) is 6.15. The molecule has 6 nitrogen and oxygen atoms in total. The molecule has 2 N–H and O–H groups in total. The average Bonchev–Trinajstić information content (AvgIpc) is 2.78.